The lowest BCUT2D eigenvalue weighted by molar-refractivity contribution is -0.120. The Bertz CT molecular complexity index is 764. The predicted molar refractivity (Wildman–Crippen MR) is 85.7 cm³/mol. The summed E-state index contributed by atoms with van der Waals surface area (Å²) in [5.74, 6) is 0.373. The van der Waals surface area contributed by atoms with E-state index >= 15 is 0 Å². The van der Waals surface area contributed by atoms with Gasteiger partial charge in [0.1, 0.15) is 10.8 Å². The maximum absolute atomic E-state index is 11.8. The van der Waals surface area contributed by atoms with Crippen molar-refractivity contribution in [3.05, 3.63) is 64.9 Å². The highest BCUT2D eigenvalue weighted by molar-refractivity contribution is 7.10. The number of carbonyl (C=O) groups is 1. The highest BCUT2D eigenvalue weighted by Gasteiger charge is 2.08. The van der Waals surface area contributed by atoms with Gasteiger partial charge in [-0.25, -0.2) is 10.4 Å². The molecule has 0 saturated carbocycles. The van der Waals surface area contributed by atoms with E-state index in [4.69, 9.17) is 4.42 Å². The Kier molecular flexibility index (Phi) is 4.41. The fraction of sp³-hybridized carbons (Fsp3) is 0.0625. The third kappa shape index (κ3) is 3.67. The smallest absolute Gasteiger partial charge is 0.246 e. The molecule has 110 valence electrons. The number of benzene rings is 1. The summed E-state index contributed by atoms with van der Waals surface area (Å²) >= 11 is 1.46. The Labute approximate surface area is 131 Å². The van der Waals surface area contributed by atoms with Gasteiger partial charge in [0.2, 0.25) is 5.91 Å². The Morgan fingerprint density at radius 2 is 2.14 bits per heavy atom. The number of hydrogen-bond acceptors (Lipinski definition) is 5. The van der Waals surface area contributed by atoms with Crippen LogP contribution < -0.4 is 5.43 Å². The predicted octanol–water partition coefficient (Wildman–Crippen LogP) is 3.10. The number of hydrazone groups is 1. The number of carbonyl (C=O) groups excluding carboxylic acids is 1. The van der Waals surface area contributed by atoms with Crippen molar-refractivity contribution >= 4 is 23.5 Å². The molecule has 1 N–H and O–H groups in total. The molecular weight excluding hydrogens is 298 g/mol. The van der Waals surface area contributed by atoms with Gasteiger partial charge in [0.15, 0.2) is 0 Å². The van der Waals surface area contributed by atoms with Crippen LogP contribution in [0.15, 0.2) is 63.6 Å². The zero-order valence-corrected chi connectivity index (χ0v) is 12.4. The molecule has 0 atom stereocenters. The maximum Gasteiger partial charge on any atom is 0.246 e. The lowest BCUT2D eigenvalue weighted by atomic mass is 10.2. The summed E-state index contributed by atoms with van der Waals surface area (Å²) in [6.45, 7) is 0. The van der Waals surface area contributed by atoms with Gasteiger partial charge in [0.05, 0.1) is 24.6 Å². The molecule has 22 heavy (non-hydrogen) atoms. The molecule has 3 aromatic rings. The van der Waals surface area contributed by atoms with Crippen LogP contribution in [0.4, 0.5) is 0 Å². The highest BCUT2D eigenvalue weighted by Crippen LogP contribution is 2.21. The normalized spacial score (nSPS) is 10.9. The van der Waals surface area contributed by atoms with Crippen LogP contribution >= 0.6 is 11.3 Å². The number of hydrogen-bond donors (Lipinski definition) is 1. The van der Waals surface area contributed by atoms with Gasteiger partial charge in [-0.3, -0.25) is 4.79 Å². The zero-order valence-electron chi connectivity index (χ0n) is 11.6. The summed E-state index contributed by atoms with van der Waals surface area (Å²) in [7, 11) is 0. The molecule has 0 spiro atoms. The molecule has 0 fully saturated rings. The van der Waals surface area contributed by atoms with E-state index in [-0.39, 0.29) is 12.3 Å². The van der Waals surface area contributed by atoms with E-state index < -0.39 is 0 Å². The average Bonchev–Trinajstić information content (AvgIpc) is 3.20. The lowest BCUT2D eigenvalue weighted by Gasteiger charge is -1.96. The van der Waals surface area contributed by atoms with Crippen LogP contribution in [0.5, 0.6) is 0 Å². The molecule has 0 radical (unpaired) electrons. The second kappa shape index (κ2) is 6.82. The second-order valence-corrected chi connectivity index (χ2v) is 5.42. The van der Waals surface area contributed by atoms with Crippen LogP contribution in [-0.4, -0.2) is 17.1 Å². The summed E-state index contributed by atoms with van der Waals surface area (Å²) in [6.07, 6.45) is 3.20. The first kappa shape index (κ1) is 14.2. The largest absolute Gasteiger partial charge is 0.463 e. The van der Waals surface area contributed by atoms with Crippen LogP contribution in [-0.2, 0) is 11.2 Å². The van der Waals surface area contributed by atoms with Gasteiger partial charge in [-0.1, -0.05) is 30.3 Å². The summed E-state index contributed by atoms with van der Waals surface area (Å²) in [6, 6.07) is 13.4. The standard InChI is InChI=1S/C16H13N3O2S/c20-15(19-17-10-13-7-4-8-21-13)9-16-18-14(11-22-16)12-5-2-1-3-6-12/h1-8,10-11H,9H2,(H,19,20)/b17-10-. The quantitative estimate of drug-likeness (QED) is 0.581. The van der Waals surface area contributed by atoms with Crippen LogP contribution in [0, 0.1) is 0 Å². The monoisotopic (exact) mass is 311 g/mol. The Balaban J connectivity index is 1.57. The van der Waals surface area contributed by atoms with Gasteiger partial charge in [-0.05, 0) is 12.1 Å². The average molecular weight is 311 g/mol. The molecule has 1 aromatic carbocycles. The lowest BCUT2D eigenvalue weighted by Crippen LogP contribution is -2.19. The SMILES string of the molecule is O=C(Cc1nc(-c2ccccc2)cs1)N/N=C\c1ccco1. The number of amides is 1. The van der Waals surface area contributed by atoms with Crippen LogP contribution in [0.1, 0.15) is 10.8 Å². The molecule has 1 amide bonds. The summed E-state index contributed by atoms with van der Waals surface area (Å²) in [4.78, 5) is 16.3. The second-order valence-electron chi connectivity index (χ2n) is 4.48. The van der Waals surface area contributed by atoms with E-state index in [2.05, 4.69) is 15.5 Å². The molecular formula is C16H13N3O2S. The van der Waals surface area contributed by atoms with Crippen LogP contribution in [0.25, 0.3) is 11.3 Å². The van der Waals surface area contributed by atoms with Crippen molar-refractivity contribution in [3.8, 4) is 11.3 Å². The molecule has 6 heteroatoms. The minimum absolute atomic E-state index is 0.201. The zero-order chi connectivity index (χ0) is 15.2. The fourth-order valence-corrected chi connectivity index (χ4v) is 2.65. The molecule has 0 unspecified atom stereocenters. The van der Waals surface area contributed by atoms with Gasteiger partial charge < -0.3 is 4.42 Å². The van der Waals surface area contributed by atoms with E-state index in [0.29, 0.717) is 5.76 Å². The number of rotatable bonds is 5. The highest BCUT2D eigenvalue weighted by atomic mass is 32.1. The fourth-order valence-electron chi connectivity index (χ4n) is 1.84. The van der Waals surface area contributed by atoms with Gasteiger partial charge in [0.25, 0.3) is 0 Å². The molecule has 2 heterocycles. The van der Waals surface area contributed by atoms with E-state index in [1.54, 1.807) is 18.4 Å². The Hall–Kier alpha value is -2.73. The number of nitrogens with one attached hydrogen (secondary N) is 1. The minimum Gasteiger partial charge on any atom is -0.463 e. The Morgan fingerprint density at radius 1 is 1.27 bits per heavy atom. The van der Waals surface area contributed by atoms with Crippen molar-refractivity contribution in [2.75, 3.05) is 0 Å². The van der Waals surface area contributed by atoms with Crippen LogP contribution in [0.3, 0.4) is 0 Å². The summed E-state index contributed by atoms with van der Waals surface area (Å²) in [5, 5.41) is 6.54. The van der Waals surface area contributed by atoms with Gasteiger partial charge in [-0.2, -0.15) is 5.10 Å². The third-order valence-corrected chi connectivity index (χ3v) is 3.71. The molecule has 5 nitrogen and oxygen atoms in total. The van der Waals surface area contributed by atoms with Crippen molar-refractivity contribution in [1.29, 1.82) is 0 Å². The van der Waals surface area contributed by atoms with Crippen molar-refractivity contribution in [3.63, 3.8) is 0 Å². The molecule has 3 rings (SSSR count). The minimum atomic E-state index is -0.211. The molecule has 0 aliphatic heterocycles. The van der Waals surface area contributed by atoms with E-state index in [0.717, 1.165) is 16.3 Å². The first-order chi connectivity index (χ1) is 10.8. The van der Waals surface area contributed by atoms with Crippen molar-refractivity contribution in [1.82, 2.24) is 10.4 Å². The molecule has 0 bridgehead atoms. The first-order valence-corrected chi connectivity index (χ1v) is 7.54. The molecule has 2 aromatic heterocycles. The van der Waals surface area contributed by atoms with Crippen molar-refractivity contribution < 1.29 is 9.21 Å². The number of furan rings is 1. The first-order valence-electron chi connectivity index (χ1n) is 6.66. The molecule has 0 aliphatic carbocycles. The summed E-state index contributed by atoms with van der Waals surface area (Å²) in [5.41, 5.74) is 4.38. The Morgan fingerprint density at radius 3 is 2.91 bits per heavy atom. The third-order valence-electron chi connectivity index (χ3n) is 2.86. The van der Waals surface area contributed by atoms with E-state index in [1.165, 1.54) is 17.6 Å². The number of nitrogens with zero attached hydrogens (tertiary/aromatic N) is 2. The van der Waals surface area contributed by atoms with Gasteiger partial charge in [0, 0.05) is 10.9 Å². The molecule has 0 saturated heterocycles. The van der Waals surface area contributed by atoms with Crippen molar-refractivity contribution in [2.24, 2.45) is 5.10 Å². The van der Waals surface area contributed by atoms with E-state index in [1.807, 2.05) is 35.7 Å². The molecule has 0 aliphatic rings. The van der Waals surface area contributed by atoms with Gasteiger partial charge in [-0.15, -0.1) is 11.3 Å². The summed E-state index contributed by atoms with van der Waals surface area (Å²) < 4.78 is 5.08. The van der Waals surface area contributed by atoms with Crippen molar-refractivity contribution in [2.45, 2.75) is 6.42 Å². The number of thiazole rings is 1. The topological polar surface area (TPSA) is 67.5 Å². The number of aromatic nitrogens is 1. The van der Waals surface area contributed by atoms with Gasteiger partial charge >= 0.3 is 0 Å². The maximum atomic E-state index is 11.8. The van der Waals surface area contributed by atoms with Crippen LogP contribution in [0.2, 0.25) is 0 Å². The van der Waals surface area contributed by atoms with E-state index in [9.17, 15) is 4.79 Å².